The van der Waals surface area contributed by atoms with E-state index in [0.29, 0.717) is 0 Å². The molecule has 0 spiro atoms. The molecule has 0 aliphatic heterocycles. The van der Waals surface area contributed by atoms with Crippen molar-refractivity contribution in [3.05, 3.63) is 0 Å². The van der Waals surface area contributed by atoms with Crippen molar-refractivity contribution in [2.75, 3.05) is 33.2 Å². The molecule has 0 aliphatic rings. The maximum atomic E-state index is 3.25. The molecule has 0 saturated heterocycles. The summed E-state index contributed by atoms with van der Waals surface area (Å²) >= 11 is 0. The summed E-state index contributed by atoms with van der Waals surface area (Å²) < 4.78 is 0. The van der Waals surface area contributed by atoms with Gasteiger partial charge in [0.2, 0.25) is 0 Å². The number of hydrogen-bond donors (Lipinski definition) is 1. The van der Waals surface area contributed by atoms with E-state index in [9.17, 15) is 0 Å². The van der Waals surface area contributed by atoms with Gasteiger partial charge in [-0.05, 0) is 33.0 Å². The van der Waals surface area contributed by atoms with Gasteiger partial charge >= 0.3 is 0 Å². The van der Waals surface area contributed by atoms with Crippen LogP contribution in [0, 0.1) is 0 Å². The quantitative estimate of drug-likeness (QED) is 0.408. The van der Waals surface area contributed by atoms with Crippen LogP contribution in [0.1, 0.15) is 84.5 Å². The fourth-order valence-electron chi connectivity index (χ4n) is 2.74. The second-order valence-corrected chi connectivity index (χ2v) is 6.13. The van der Waals surface area contributed by atoms with E-state index >= 15 is 0 Å². The maximum absolute atomic E-state index is 3.25. The van der Waals surface area contributed by atoms with Crippen LogP contribution in [-0.2, 0) is 0 Å². The van der Waals surface area contributed by atoms with Gasteiger partial charge in [0.15, 0.2) is 0 Å². The van der Waals surface area contributed by atoms with Crippen LogP contribution in [0.25, 0.3) is 0 Å². The van der Waals surface area contributed by atoms with Crippen LogP contribution in [0.2, 0.25) is 0 Å². The van der Waals surface area contributed by atoms with Gasteiger partial charge in [-0.15, -0.1) is 0 Å². The minimum Gasteiger partial charge on any atom is -0.318 e. The summed E-state index contributed by atoms with van der Waals surface area (Å²) in [5, 5.41) is 3.25. The van der Waals surface area contributed by atoms with Crippen molar-refractivity contribution in [1.29, 1.82) is 0 Å². The van der Waals surface area contributed by atoms with E-state index in [2.05, 4.69) is 24.1 Å². The lowest BCUT2D eigenvalue weighted by Gasteiger charge is -2.21. The number of unbranched alkanes of at least 4 members (excludes halogenated alkanes) is 9. The Balaban J connectivity index is 3.27. The number of likely N-dealkylation sites (N-methyl/N-ethyl adjacent to an activating group) is 1. The molecule has 0 fully saturated rings. The zero-order valence-corrected chi connectivity index (χ0v) is 14.6. The zero-order valence-electron chi connectivity index (χ0n) is 14.6. The fraction of sp³-hybridized carbons (Fsp3) is 1.00. The first-order chi connectivity index (χ1) is 9.85. The predicted molar refractivity (Wildman–Crippen MR) is 92.5 cm³/mol. The number of rotatable bonds is 16. The van der Waals surface area contributed by atoms with Crippen molar-refractivity contribution in [2.24, 2.45) is 0 Å². The van der Waals surface area contributed by atoms with E-state index < -0.39 is 0 Å². The first-order valence-electron chi connectivity index (χ1n) is 9.22. The van der Waals surface area contributed by atoms with Crippen molar-refractivity contribution in [3.63, 3.8) is 0 Å². The molecule has 0 aromatic rings. The molecule has 0 unspecified atom stereocenters. The smallest absolute Gasteiger partial charge is 0.0107 e. The standard InChI is InChI=1S/C18H40N2/c1-4-6-7-8-9-10-11-12-13-14-17-20(16-5-2)18-15-19-3/h19H,4-18H2,1-3H3. The SMILES string of the molecule is CCCCCCCCCCCCN(CCC)CCNC. The number of hydrogen-bond acceptors (Lipinski definition) is 2. The molecule has 0 rings (SSSR count). The zero-order chi connectivity index (χ0) is 14.9. The van der Waals surface area contributed by atoms with Crippen molar-refractivity contribution in [2.45, 2.75) is 84.5 Å². The Hall–Kier alpha value is -0.0800. The van der Waals surface area contributed by atoms with Crippen molar-refractivity contribution < 1.29 is 0 Å². The molecule has 0 radical (unpaired) electrons. The average molecular weight is 285 g/mol. The molecular weight excluding hydrogens is 244 g/mol. The molecule has 0 saturated carbocycles. The van der Waals surface area contributed by atoms with Crippen molar-refractivity contribution in [3.8, 4) is 0 Å². The highest BCUT2D eigenvalue weighted by atomic mass is 15.1. The van der Waals surface area contributed by atoms with Crippen LogP contribution >= 0.6 is 0 Å². The van der Waals surface area contributed by atoms with Gasteiger partial charge in [0.1, 0.15) is 0 Å². The molecule has 0 atom stereocenters. The van der Waals surface area contributed by atoms with Gasteiger partial charge in [-0.1, -0.05) is 71.6 Å². The summed E-state index contributed by atoms with van der Waals surface area (Å²) in [5.41, 5.74) is 0. The molecule has 2 heteroatoms. The normalized spacial score (nSPS) is 11.4. The summed E-state index contributed by atoms with van der Waals surface area (Å²) in [4.78, 5) is 2.61. The van der Waals surface area contributed by atoms with Crippen LogP contribution in [0.5, 0.6) is 0 Å². The molecule has 20 heavy (non-hydrogen) atoms. The van der Waals surface area contributed by atoms with Gasteiger partial charge in [0.05, 0.1) is 0 Å². The van der Waals surface area contributed by atoms with E-state index in [4.69, 9.17) is 0 Å². The highest BCUT2D eigenvalue weighted by Gasteiger charge is 2.02. The maximum Gasteiger partial charge on any atom is 0.0107 e. The highest BCUT2D eigenvalue weighted by molar-refractivity contribution is 4.59. The predicted octanol–water partition coefficient (Wildman–Crippen LogP) is 4.84. The van der Waals surface area contributed by atoms with E-state index in [1.807, 2.05) is 7.05 Å². The Labute approximate surface area is 128 Å². The minimum atomic E-state index is 1.12. The Morgan fingerprint density at radius 1 is 0.600 bits per heavy atom. The molecule has 0 heterocycles. The monoisotopic (exact) mass is 284 g/mol. The van der Waals surface area contributed by atoms with Gasteiger partial charge in [-0.3, -0.25) is 0 Å². The minimum absolute atomic E-state index is 1.12. The molecule has 0 bridgehead atoms. The molecule has 0 aromatic heterocycles. The summed E-state index contributed by atoms with van der Waals surface area (Å²) in [6.45, 7) is 9.47. The van der Waals surface area contributed by atoms with Crippen LogP contribution in [0.15, 0.2) is 0 Å². The lowest BCUT2D eigenvalue weighted by Crippen LogP contribution is -2.32. The van der Waals surface area contributed by atoms with Crippen molar-refractivity contribution >= 4 is 0 Å². The lowest BCUT2D eigenvalue weighted by molar-refractivity contribution is 0.269. The Morgan fingerprint density at radius 3 is 1.65 bits per heavy atom. The van der Waals surface area contributed by atoms with E-state index in [0.717, 1.165) is 6.54 Å². The topological polar surface area (TPSA) is 15.3 Å². The third kappa shape index (κ3) is 14.3. The van der Waals surface area contributed by atoms with Gasteiger partial charge in [0, 0.05) is 13.1 Å². The average Bonchev–Trinajstić information content (AvgIpc) is 2.46. The summed E-state index contributed by atoms with van der Waals surface area (Å²) in [7, 11) is 2.05. The molecule has 122 valence electrons. The van der Waals surface area contributed by atoms with Gasteiger partial charge in [-0.25, -0.2) is 0 Å². The summed E-state index contributed by atoms with van der Waals surface area (Å²) in [6.07, 6.45) is 15.6. The molecular formula is C18H40N2. The molecule has 0 aliphatic carbocycles. The van der Waals surface area contributed by atoms with E-state index in [1.165, 1.54) is 90.3 Å². The Bertz CT molecular complexity index is 171. The largest absolute Gasteiger partial charge is 0.318 e. The first kappa shape index (κ1) is 19.9. The van der Waals surface area contributed by atoms with Crippen molar-refractivity contribution in [1.82, 2.24) is 10.2 Å². The van der Waals surface area contributed by atoms with E-state index in [-0.39, 0.29) is 0 Å². The summed E-state index contributed by atoms with van der Waals surface area (Å²) in [6, 6.07) is 0. The van der Waals surface area contributed by atoms with Gasteiger partial charge in [-0.2, -0.15) is 0 Å². The molecule has 2 nitrogen and oxygen atoms in total. The molecule has 1 N–H and O–H groups in total. The molecule has 0 amide bonds. The second kappa shape index (κ2) is 17.0. The van der Waals surface area contributed by atoms with Crippen LogP contribution < -0.4 is 5.32 Å². The third-order valence-corrected chi connectivity index (χ3v) is 4.05. The lowest BCUT2D eigenvalue weighted by atomic mass is 10.1. The Morgan fingerprint density at radius 2 is 1.15 bits per heavy atom. The second-order valence-electron chi connectivity index (χ2n) is 6.13. The number of nitrogens with one attached hydrogen (secondary N) is 1. The third-order valence-electron chi connectivity index (χ3n) is 4.05. The van der Waals surface area contributed by atoms with Gasteiger partial charge < -0.3 is 10.2 Å². The molecule has 0 aromatic carbocycles. The summed E-state index contributed by atoms with van der Waals surface area (Å²) in [5.74, 6) is 0. The van der Waals surface area contributed by atoms with Crippen LogP contribution in [0.4, 0.5) is 0 Å². The van der Waals surface area contributed by atoms with Gasteiger partial charge in [0.25, 0.3) is 0 Å². The van der Waals surface area contributed by atoms with Crippen LogP contribution in [-0.4, -0.2) is 38.1 Å². The van der Waals surface area contributed by atoms with Crippen LogP contribution in [0.3, 0.4) is 0 Å². The Kier molecular flexibility index (Phi) is 16.9. The first-order valence-corrected chi connectivity index (χ1v) is 9.22. The fourth-order valence-corrected chi connectivity index (χ4v) is 2.74. The highest BCUT2D eigenvalue weighted by Crippen LogP contribution is 2.10. The van der Waals surface area contributed by atoms with E-state index in [1.54, 1.807) is 0 Å². The number of nitrogens with zero attached hydrogens (tertiary/aromatic N) is 1.